The third kappa shape index (κ3) is 3.35. The molecule has 2 aromatic rings. The molecule has 3 nitrogen and oxygen atoms in total. The maximum atomic E-state index is 9.84. The van der Waals surface area contributed by atoms with Gasteiger partial charge in [0.05, 0.1) is 6.04 Å². The molecule has 0 aromatic heterocycles. The number of phenols is 2. The lowest BCUT2D eigenvalue weighted by Crippen LogP contribution is -2.06. The Hall–Kier alpha value is -1.81. The zero-order chi connectivity index (χ0) is 13.8. The lowest BCUT2D eigenvalue weighted by atomic mass is 10.1. The van der Waals surface area contributed by atoms with Crippen molar-refractivity contribution in [3.05, 3.63) is 48.0 Å². The molecule has 0 aliphatic rings. The van der Waals surface area contributed by atoms with Crippen LogP contribution in [0.1, 0.15) is 18.5 Å². The molecule has 2 aromatic carbocycles. The van der Waals surface area contributed by atoms with Crippen LogP contribution in [0, 0.1) is 0 Å². The maximum Gasteiger partial charge on any atom is 0.124 e. The van der Waals surface area contributed by atoms with Crippen LogP contribution in [0.4, 0.5) is 5.69 Å². The maximum absolute atomic E-state index is 9.84. The molecule has 0 saturated heterocycles. The van der Waals surface area contributed by atoms with Gasteiger partial charge in [0.15, 0.2) is 0 Å². The molecule has 100 valence electrons. The van der Waals surface area contributed by atoms with Crippen molar-refractivity contribution in [1.82, 2.24) is 0 Å². The van der Waals surface area contributed by atoms with E-state index in [4.69, 9.17) is 0 Å². The van der Waals surface area contributed by atoms with E-state index >= 15 is 0 Å². The molecule has 0 bridgehead atoms. The second-order valence-corrected chi connectivity index (χ2v) is 5.22. The van der Waals surface area contributed by atoms with Crippen LogP contribution in [0.5, 0.6) is 11.5 Å². The van der Waals surface area contributed by atoms with E-state index in [0.29, 0.717) is 0 Å². The molecule has 0 heterocycles. The van der Waals surface area contributed by atoms with Gasteiger partial charge < -0.3 is 15.5 Å². The minimum atomic E-state index is -0.0438. The topological polar surface area (TPSA) is 52.5 Å². The summed E-state index contributed by atoms with van der Waals surface area (Å²) in [4.78, 5) is 1.19. The zero-order valence-electron chi connectivity index (χ0n) is 10.9. The SMILES string of the molecule is CSc1cccc(NC(C)c2ccc(O)cc2O)c1. The summed E-state index contributed by atoms with van der Waals surface area (Å²) >= 11 is 1.69. The van der Waals surface area contributed by atoms with Crippen LogP contribution in [0.15, 0.2) is 47.4 Å². The largest absolute Gasteiger partial charge is 0.508 e. The Labute approximate surface area is 117 Å². The summed E-state index contributed by atoms with van der Waals surface area (Å²) in [6, 6.07) is 12.7. The third-order valence-corrected chi connectivity index (χ3v) is 3.66. The van der Waals surface area contributed by atoms with Gasteiger partial charge in [-0.2, -0.15) is 0 Å². The van der Waals surface area contributed by atoms with E-state index in [1.165, 1.54) is 11.0 Å². The summed E-state index contributed by atoms with van der Waals surface area (Å²) < 4.78 is 0. The monoisotopic (exact) mass is 275 g/mol. The van der Waals surface area contributed by atoms with Crippen LogP contribution >= 0.6 is 11.8 Å². The normalized spacial score (nSPS) is 12.1. The quantitative estimate of drug-likeness (QED) is 0.738. The standard InChI is InChI=1S/C15H17NO2S/c1-10(14-7-6-12(17)9-15(14)18)16-11-4-3-5-13(8-11)19-2/h3-10,16-18H,1-2H3. The molecule has 0 saturated carbocycles. The van der Waals surface area contributed by atoms with Crippen LogP contribution in [0.25, 0.3) is 0 Å². The molecular formula is C15H17NO2S. The average molecular weight is 275 g/mol. The van der Waals surface area contributed by atoms with Crippen molar-refractivity contribution < 1.29 is 10.2 Å². The molecule has 0 spiro atoms. The van der Waals surface area contributed by atoms with Gasteiger partial charge in [-0.1, -0.05) is 6.07 Å². The number of rotatable bonds is 4. The molecule has 2 rings (SSSR count). The highest BCUT2D eigenvalue weighted by molar-refractivity contribution is 7.98. The Bertz CT molecular complexity index is 572. The van der Waals surface area contributed by atoms with Gasteiger partial charge in [0, 0.05) is 22.2 Å². The van der Waals surface area contributed by atoms with Gasteiger partial charge in [-0.15, -0.1) is 11.8 Å². The minimum Gasteiger partial charge on any atom is -0.508 e. The van der Waals surface area contributed by atoms with E-state index in [1.807, 2.05) is 25.3 Å². The smallest absolute Gasteiger partial charge is 0.124 e. The fraction of sp³-hybridized carbons (Fsp3) is 0.200. The second kappa shape index (κ2) is 5.89. The van der Waals surface area contributed by atoms with Crippen LogP contribution < -0.4 is 5.32 Å². The summed E-state index contributed by atoms with van der Waals surface area (Å²) in [5.41, 5.74) is 1.76. The van der Waals surface area contributed by atoms with Gasteiger partial charge in [0.2, 0.25) is 0 Å². The van der Waals surface area contributed by atoms with Crippen molar-refractivity contribution in [2.45, 2.75) is 17.9 Å². The van der Waals surface area contributed by atoms with Gasteiger partial charge in [0.25, 0.3) is 0 Å². The number of hydrogen-bond acceptors (Lipinski definition) is 4. The van der Waals surface area contributed by atoms with Gasteiger partial charge in [-0.3, -0.25) is 0 Å². The molecule has 19 heavy (non-hydrogen) atoms. The van der Waals surface area contributed by atoms with Crippen LogP contribution in [-0.4, -0.2) is 16.5 Å². The summed E-state index contributed by atoms with van der Waals surface area (Å²) in [6.45, 7) is 1.97. The Kier molecular flexibility index (Phi) is 4.22. The molecule has 3 N–H and O–H groups in total. The molecule has 0 fully saturated rings. The molecular weight excluding hydrogens is 258 g/mol. The summed E-state index contributed by atoms with van der Waals surface area (Å²) in [5.74, 6) is 0.166. The highest BCUT2D eigenvalue weighted by Crippen LogP contribution is 2.30. The van der Waals surface area contributed by atoms with E-state index in [2.05, 4.69) is 17.4 Å². The van der Waals surface area contributed by atoms with Crippen LogP contribution in [0.3, 0.4) is 0 Å². The van der Waals surface area contributed by atoms with Gasteiger partial charge in [-0.25, -0.2) is 0 Å². The van der Waals surface area contributed by atoms with E-state index < -0.39 is 0 Å². The highest BCUT2D eigenvalue weighted by atomic mass is 32.2. The summed E-state index contributed by atoms with van der Waals surface area (Å²) in [5, 5.41) is 22.5. The number of aromatic hydroxyl groups is 2. The molecule has 0 amide bonds. The number of phenolic OH excluding ortho intramolecular Hbond substituents is 2. The van der Waals surface area contributed by atoms with Gasteiger partial charge in [0.1, 0.15) is 11.5 Å². The van der Waals surface area contributed by atoms with Crippen molar-refractivity contribution in [3.8, 4) is 11.5 Å². The number of hydrogen-bond donors (Lipinski definition) is 3. The number of nitrogens with one attached hydrogen (secondary N) is 1. The Morgan fingerprint density at radius 2 is 1.89 bits per heavy atom. The molecule has 1 atom stereocenters. The van der Waals surface area contributed by atoms with E-state index in [9.17, 15) is 10.2 Å². The first kappa shape index (κ1) is 13.6. The van der Waals surface area contributed by atoms with Crippen molar-refractivity contribution in [2.24, 2.45) is 0 Å². The van der Waals surface area contributed by atoms with Gasteiger partial charge >= 0.3 is 0 Å². The lowest BCUT2D eigenvalue weighted by molar-refractivity contribution is 0.444. The third-order valence-electron chi connectivity index (χ3n) is 2.93. The Morgan fingerprint density at radius 3 is 2.58 bits per heavy atom. The predicted molar refractivity (Wildman–Crippen MR) is 80.0 cm³/mol. The molecule has 1 unspecified atom stereocenters. The van der Waals surface area contributed by atoms with Crippen molar-refractivity contribution in [2.75, 3.05) is 11.6 Å². The minimum absolute atomic E-state index is 0.0438. The Morgan fingerprint density at radius 1 is 1.11 bits per heavy atom. The molecule has 4 heteroatoms. The predicted octanol–water partition coefficient (Wildman–Crippen LogP) is 3.99. The van der Waals surface area contributed by atoms with Crippen LogP contribution in [-0.2, 0) is 0 Å². The van der Waals surface area contributed by atoms with Crippen molar-refractivity contribution >= 4 is 17.4 Å². The summed E-state index contributed by atoms with van der Waals surface area (Å²) in [7, 11) is 0. The molecule has 0 radical (unpaired) electrons. The number of benzene rings is 2. The number of anilines is 1. The fourth-order valence-corrected chi connectivity index (χ4v) is 2.40. The molecule has 0 aliphatic carbocycles. The first-order valence-corrected chi connectivity index (χ1v) is 7.25. The lowest BCUT2D eigenvalue weighted by Gasteiger charge is -2.17. The van der Waals surface area contributed by atoms with E-state index in [0.717, 1.165) is 11.3 Å². The van der Waals surface area contributed by atoms with Gasteiger partial charge in [-0.05, 0) is 43.5 Å². The Balaban J connectivity index is 2.17. The average Bonchev–Trinajstić information content (AvgIpc) is 2.38. The van der Waals surface area contributed by atoms with Crippen molar-refractivity contribution in [1.29, 1.82) is 0 Å². The first-order valence-electron chi connectivity index (χ1n) is 6.02. The fourth-order valence-electron chi connectivity index (χ4n) is 1.94. The summed E-state index contributed by atoms with van der Waals surface area (Å²) in [6.07, 6.45) is 2.04. The van der Waals surface area contributed by atoms with Crippen molar-refractivity contribution in [3.63, 3.8) is 0 Å². The molecule has 0 aliphatic heterocycles. The van der Waals surface area contributed by atoms with Crippen LogP contribution in [0.2, 0.25) is 0 Å². The van der Waals surface area contributed by atoms with E-state index in [-0.39, 0.29) is 17.5 Å². The van der Waals surface area contributed by atoms with E-state index in [1.54, 1.807) is 23.9 Å². The first-order chi connectivity index (χ1) is 9.10. The second-order valence-electron chi connectivity index (χ2n) is 4.34. The zero-order valence-corrected chi connectivity index (χ0v) is 11.7. The number of thioether (sulfide) groups is 1. The highest BCUT2D eigenvalue weighted by Gasteiger charge is 2.10.